The highest BCUT2D eigenvalue weighted by Crippen LogP contribution is 2.38. The number of halogens is 1. The molecule has 0 amide bonds. The van der Waals surface area contributed by atoms with E-state index in [1.807, 2.05) is 65.4 Å². The van der Waals surface area contributed by atoms with Crippen LogP contribution < -0.4 is 0 Å². The van der Waals surface area contributed by atoms with E-state index >= 15 is 0 Å². The van der Waals surface area contributed by atoms with E-state index in [2.05, 4.69) is 24.0 Å². The van der Waals surface area contributed by atoms with E-state index in [-0.39, 0.29) is 4.90 Å². The Hall–Kier alpha value is -3.75. The van der Waals surface area contributed by atoms with Gasteiger partial charge in [-0.15, -0.1) is 0 Å². The standard InChI is InChI=1S/C28H25ClN4O3S/c1-18-30-26(36-32-18)25-17-33(27(31-25)28(2,3)23-10-5-6-11-24(23)29)21-14-12-19(13-15-21)20-8-7-9-22(16-20)37(4,34)35/h5-17H,1-4H3. The zero-order valence-electron chi connectivity index (χ0n) is 20.8. The van der Waals surface area contributed by atoms with Crippen LogP contribution in [0, 0.1) is 6.92 Å². The minimum Gasteiger partial charge on any atom is -0.332 e. The fourth-order valence-corrected chi connectivity index (χ4v) is 5.37. The van der Waals surface area contributed by atoms with E-state index in [1.54, 1.807) is 25.1 Å². The van der Waals surface area contributed by atoms with E-state index in [0.29, 0.717) is 22.4 Å². The van der Waals surface area contributed by atoms with Gasteiger partial charge in [-0.1, -0.05) is 59.2 Å². The molecule has 0 saturated carbocycles. The predicted molar refractivity (Wildman–Crippen MR) is 144 cm³/mol. The van der Waals surface area contributed by atoms with Crippen LogP contribution in [0.1, 0.15) is 31.1 Å². The Morgan fingerprint density at radius 3 is 2.30 bits per heavy atom. The smallest absolute Gasteiger partial charge is 0.278 e. The Morgan fingerprint density at radius 1 is 0.919 bits per heavy atom. The predicted octanol–water partition coefficient (Wildman–Crippen LogP) is 6.28. The van der Waals surface area contributed by atoms with Crippen molar-refractivity contribution >= 4 is 21.4 Å². The highest BCUT2D eigenvalue weighted by molar-refractivity contribution is 7.90. The highest BCUT2D eigenvalue weighted by Gasteiger charge is 2.32. The minimum absolute atomic E-state index is 0.284. The summed E-state index contributed by atoms with van der Waals surface area (Å²) in [6.45, 7) is 5.90. The Labute approximate surface area is 220 Å². The second-order valence-corrected chi connectivity index (χ2v) is 11.8. The summed E-state index contributed by atoms with van der Waals surface area (Å²) in [5.41, 5.74) is 3.52. The summed E-state index contributed by atoms with van der Waals surface area (Å²) in [7, 11) is -3.30. The zero-order valence-corrected chi connectivity index (χ0v) is 22.4. The van der Waals surface area contributed by atoms with Crippen molar-refractivity contribution in [2.75, 3.05) is 6.26 Å². The first-order valence-corrected chi connectivity index (χ1v) is 13.9. The Balaban J connectivity index is 1.62. The van der Waals surface area contributed by atoms with Crippen LogP contribution in [-0.2, 0) is 15.3 Å². The number of aromatic nitrogens is 4. The molecule has 37 heavy (non-hydrogen) atoms. The molecule has 0 radical (unpaired) electrons. The van der Waals surface area contributed by atoms with E-state index in [1.165, 1.54) is 6.26 Å². The van der Waals surface area contributed by atoms with Gasteiger partial charge in [-0.2, -0.15) is 4.98 Å². The lowest BCUT2D eigenvalue weighted by Crippen LogP contribution is -2.24. The van der Waals surface area contributed by atoms with Crippen molar-refractivity contribution in [2.24, 2.45) is 0 Å². The number of benzene rings is 3. The third kappa shape index (κ3) is 4.82. The number of sulfone groups is 1. The van der Waals surface area contributed by atoms with E-state index in [0.717, 1.165) is 28.2 Å². The van der Waals surface area contributed by atoms with E-state index in [4.69, 9.17) is 21.1 Å². The van der Waals surface area contributed by atoms with Crippen LogP contribution in [0.2, 0.25) is 5.02 Å². The third-order valence-electron chi connectivity index (χ3n) is 6.30. The normalized spacial score (nSPS) is 12.1. The summed E-state index contributed by atoms with van der Waals surface area (Å²) in [5.74, 6) is 1.61. The Bertz CT molecular complexity index is 1700. The summed E-state index contributed by atoms with van der Waals surface area (Å²) in [6.07, 6.45) is 3.08. The fraction of sp³-hybridized carbons (Fsp3) is 0.179. The summed E-state index contributed by atoms with van der Waals surface area (Å²) in [4.78, 5) is 9.56. The summed E-state index contributed by atoms with van der Waals surface area (Å²) in [6, 6.07) is 22.5. The molecule has 7 nitrogen and oxygen atoms in total. The summed E-state index contributed by atoms with van der Waals surface area (Å²) < 4.78 is 31.4. The van der Waals surface area contributed by atoms with Crippen LogP contribution in [-0.4, -0.2) is 34.4 Å². The van der Waals surface area contributed by atoms with Crippen molar-refractivity contribution in [2.45, 2.75) is 31.1 Å². The molecule has 0 aliphatic heterocycles. The van der Waals surface area contributed by atoms with Crippen molar-refractivity contribution < 1.29 is 12.9 Å². The average molecular weight is 533 g/mol. The monoisotopic (exact) mass is 532 g/mol. The molecule has 2 aromatic heterocycles. The van der Waals surface area contributed by atoms with Gasteiger partial charge in [0.2, 0.25) is 0 Å². The molecule has 9 heteroatoms. The maximum absolute atomic E-state index is 12.0. The molecule has 5 aromatic rings. The van der Waals surface area contributed by atoms with Crippen LogP contribution in [0.15, 0.2) is 88.4 Å². The van der Waals surface area contributed by atoms with Crippen LogP contribution in [0.5, 0.6) is 0 Å². The maximum atomic E-state index is 12.0. The maximum Gasteiger partial charge on any atom is 0.278 e. The minimum atomic E-state index is -3.30. The van der Waals surface area contributed by atoms with Gasteiger partial charge < -0.3 is 9.09 Å². The molecule has 0 N–H and O–H groups in total. The first-order valence-electron chi connectivity index (χ1n) is 11.6. The highest BCUT2D eigenvalue weighted by atomic mass is 35.5. The van der Waals surface area contributed by atoms with Crippen molar-refractivity contribution in [3.05, 3.63) is 101 Å². The first-order chi connectivity index (χ1) is 17.5. The zero-order chi connectivity index (χ0) is 26.4. The third-order valence-corrected chi connectivity index (χ3v) is 7.74. The molecular formula is C28H25ClN4O3S. The number of nitrogens with zero attached hydrogens (tertiary/aromatic N) is 4. The molecule has 2 heterocycles. The van der Waals surface area contributed by atoms with Crippen molar-refractivity contribution in [1.82, 2.24) is 19.7 Å². The number of hydrogen-bond donors (Lipinski definition) is 0. The van der Waals surface area contributed by atoms with Gasteiger partial charge in [0.25, 0.3) is 5.89 Å². The fourth-order valence-electron chi connectivity index (χ4n) is 4.33. The SMILES string of the molecule is Cc1noc(-c2cn(-c3ccc(-c4cccc(S(C)(=O)=O)c4)cc3)c(C(C)(C)c3ccccc3Cl)n2)n1. The number of hydrogen-bond acceptors (Lipinski definition) is 6. The summed E-state index contributed by atoms with van der Waals surface area (Å²) >= 11 is 6.60. The van der Waals surface area contributed by atoms with Gasteiger partial charge in [-0.25, -0.2) is 13.4 Å². The molecule has 0 bridgehead atoms. The molecule has 0 fully saturated rings. The van der Waals surface area contributed by atoms with Crippen molar-refractivity contribution in [3.8, 4) is 28.4 Å². The van der Waals surface area contributed by atoms with Gasteiger partial charge in [-0.3, -0.25) is 0 Å². The number of imidazole rings is 1. The lowest BCUT2D eigenvalue weighted by molar-refractivity contribution is 0.424. The first kappa shape index (κ1) is 24.9. The van der Waals surface area contributed by atoms with Gasteiger partial charge >= 0.3 is 0 Å². The van der Waals surface area contributed by atoms with Crippen molar-refractivity contribution in [1.29, 1.82) is 0 Å². The average Bonchev–Trinajstić information content (AvgIpc) is 3.51. The molecule has 0 aliphatic rings. The Morgan fingerprint density at radius 2 is 1.65 bits per heavy atom. The lowest BCUT2D eigenvalue weighted by atomic mass is 9.83. The van der Waals surface area contributed by atoms with Gasteiger partial charge in [0.05, 0.1) is 4.90 Å². The topological polar surface area (TPSA) is 90.9 Å². The molecule has 0 saturated heterocycles. The summed E-state index contributed by atoms with van der Waals surface area (Å²) in [5, 5.41) is 4.56. The molecule has 5 rings (SSSR count). The second kappa shape index (κ2) is 9.28. The molecular weight excluding hydrogens is 508 g/mol. The quantitative estimate of drug-likeness (QED) is 0.255. The van der Waals surface area contributed by atoms with Gasteiger partial charge in [0, 0.05) is 28.6 Å². The molecule has 3 aromatic carbocycles. The molecule has 0 unspecified atom stereocenters. The van der Waals surface area contributed by atoms with Gasteiger partial charge in [0.15, 0.2) is 15.7 Å². The van der Waals surface area contributed by atoms with Gasteiger partial charge in [0.1, 0.15) is 11.5 Å². The molecule has 0 atom stereocenters. The van der Waals surface area contributed by atoms with Crippen LogP contribution in [0.4, 0.5) is 0 Å². The van der Waals surface area contributed by atoms with Gasteiger partial charge in [-0.05, 0) is 67.8 Å². The van der Waals surface area contributed by atoms with Crippen LogP contribution >= 0.6 is 11.6 Å². The molecule has 0 aliphatic carbocycles. The van der Waals surface area contributed by atoms with Crippen LogP contribution in [0.3, 0.4) is 0 Å². The second-order valence-electron chi connectivity index (χ2n) is 9.42. The number of aryl methyl sites for hydroxylation is 1. The van der Waals surface area contributed by atoms with Crippen LogP contribution in [0.25, 0.3) is 28.4 Å². The Kier molecular flexibility index (Phi) is 6.25. The van der Waals surface area contributed by atoms with E-state index in [9.17, 15) is 8.42 Å². The lowest BCUT2D eigenvalue weighted by Gasteiger charge is -2.27. The number of rotatable bonds is 6. The molecule has 0 spiro atoms. The largest absolute Gasteiger partial charge is 0.332 e. The van der Waals surface area contributed by atoms with Crippen molar-refractivity contribution in [3.63, 3.8) is 0 Å². The van der Waals surface area contributed by atoms with E-state index < -0.39 is 15.3 Å². The molecule has 188 valence electrons.